The van der Waals surface area contributed by atoms with Crippen LogP contribution in [-0.2, 0) is 0 Å². The maximum atomic E-state index is 11.6. The van der Waals surface area contributed by atoms with Gasteiger partial charge in [0, 0.05) is 17.4 Å². The van der Waals surface area contributed by atoms with E-state index in [4.69, 9.17) is 10.5 Å². The summed E-state index contributed by atoms with van der Waals surface area (Å²) in [6.07, 6.45) is 1.67. The largest absolute Gasteiger partial charge is 0.496 e. The van der Waals surface area contributed by atoms with Crippen LogP contribution < -0.4 is 15.8 Å². The first-order chi connectivity index (χ1) is 12.5. The standard InChI is InChI=1S/C20H20N4O2/c1-12-4-6-15(10-13(12)2)23-20-22-9-8-17(24-20)14-5-7-18(26-3)16(11-14)19(21)25/h4-11H,1-3H3,(H2,21,25)(H,22,23,24). The predicted octanol–water partition coefficient (Wildman–Crippen LogP) is 3.61. The number of ether oxygens (including phenoxy) is 1. The number of nitrogens with one attached hydrogen (secondary N) is 1. The molecule has 1 heterocycles. The van der Waals surface area contributed by atoms with Gasteiger partial charge in [-0.15, -0.1) is 0 Å². The summed E-state index contributed by atoms with van der Waals surface area (Å²) in [5.74, 6) is 0.359. The fraction of sp³-hybridized carbons (Fsp3) is 0.150. The Morgan fingerprint density at radius 2 is 1.88 bits per heavy atom. The number of carbonyl (C=O) groups excluding carboxylic acids is 1. The van der Waals surface area contributed by atoms with Crippen molar-refractivity contribution in [2.24, 2.45) is 5.73 Å². The average Bonchev–Trinajstić information content (AvgIpc) is 2.64. The molecule has 2 aromatic carbocycles. The van der Waals surface area contributed by atoms with Gasteiger partial charge >= 0.3 is 0 Å². The first-order valence-electron chi connectivity index (χ1n) is 8.13. The Kier molecular flexibility index (Phi) is 4.84. The number of nitrogens with zero attached hydrogens (tertiary/aromatic N) is 2. The SMILES string of the molecule is COc1ccc(-c2ccnc(Nc3ccc(C)c(C)c3)n2)cc1C(N)=O. The Bertz CT molecular complexity index is 970. The first kappa shape index (κ1) is 17.4. The third-order valence-corrected chi connectivity index (χ3v) is 4.18. The van der Waals surface area contributed by atoms with Gasteiger partial charge in [-0.3, -0.25) is 4.79 Å². The number of methoxy groups -OCH3 is 1. The molecule has 1 aromatic heterocycles. The van der Waals surface area contributed by atoms with Crippen LogP contribution in [0.1, 0.15) is 21.5 Å². The molecule has 0 aliphatic carbocycles. The minimum absolute atomic E-state index is 0.312. The van der Waals surface area contributed by atoms with Crippen molar-refractivity contribution in [2.45, 2.75) is 13.8 Å². The number of carbonyl (C=O) groups is 1. The molecule has 6 nitrogen and oxygen atoms in total. The van der Waals surface area contributed by atoms with Crippen molar-refractivity contribution in [3.63, 3.8) is 0 Å². The van der Waals surface area contributed by atoms with E-state index in [0.29, 0.717) is 23.0 Å². The molecular formula is C20H20N4O2. The molecule has 0 bridgehead atoms. The van der Waals surface area contributed by atoms with Crippen molar-refractivity contribution in [1.29, 1.82) is 0 Å². The smallest absolute Gasteiger partial charge is 0.252 e. The van der Waals surface area contributed by atoms with Gasteiger partial charge in [0.25, 0.3) is 5.91 Å². The number of primary amides is 1. The van der Waals surface area contributed by atoms with Crippen LogP contribution in [0.2, 0.25) is 0 Å². The maximum absolute atomic E-state index is 11.6. The number of anilines is 2. The lowest BCUT2D eigenvalue weighted by Gasteiger charge is -2.10. The molecule has 0 spiro atoms. The van der Waals surface area contributed by atoms with E-state index in [9.17, 15) is 4.79 Å². The van der Waals surface area contributed by atoms with E-state index in [1.807, 2.05) is 24.3 Å². The van der Waals surface area contributed by atoms with E-state index in [-0.39, 0.29) is 0 Å². The summed E-state index contributed by atoms with van der Waals surface area (Å²) >= 11 is 0. The number of amides is 1. The Morgan fingerprint density at radius 1 is 1.08 bits per heavy atom. The Balaban J connectivity index is 1.93. The van der Waals surface area contributed by atoms with Crippen LogP contribution in [0, 0.1) is 13.8 Å². The number of benzene rings is 2. The molecule has 0 unspecified atom stereocenters. The van der Waals surface area contributed by atoms with E-state index >= 15 is 0 Å². The van der Waals surface area contributed by atoms with Gasteiger partial charge in [0.15, 0.2) is 0 Å². The van der Waals surface area contributed by atoms with Crippen molar-refractivity contribution in [2.75, 3.05) is 12.4 Å². The number of rotatable bonds is 5. The van der Waals surface area contributed by atoms with Crippen LogP contribution >= 0.6 is 0 Å². The molecule has 0 radical (unpaired) electrons. The minimum Gasteiger partial charge on any atom is -0.496 e. The molecular weight excluding hydrogens is 328 g/mol. The lowest BCUT2D eigenvalue weighted by atomic mass is 10.1. The van der Waals surface area contributed by atoms with Crippen LogP contribution in [0.3, 0.4) is 0 Å². The average molecular weight is 348 g/mol. The molecule has 26 heavy (non-hydrogen) atoms. The van der Waals surface area contributed by atoms with E-state index in [2.05, 4.69) is 29.1 Å². The second-order valence-corrected chi connectivity index (χ2v) is 5.97. The van der Waals surface area contributed by atoms with E-state index in [0.717, 1.165) is 11.3 Å². The van der Waals surface area contributed by atoms with Crippen LogP contribution in [-0.4, -0.2) is 23.0 Å². The summed E-state index contributed by atoms with van der Waals surface area (Å²) < 4.78 is 5.18. The number of nitrogens with two attached hydrogens (primary N) is 1. The van der Waals surface area contributed by atoms with Gasteiger partial charge in [-0.25, -0.2) is 9.97 Å². The number of hydrogen-bond acceptors (Lipinski definition) is 5. The second kappa shape index (κ2) is 7.23. The molecule has 3 N–H and O–H groups in total. The summed E-state index contributed by atoms with van der Waals surface area (Å²) in [5.41, 5.74) is 10.5. The summed E-state index contributed by atoms with van der Waals surface area (Å²) in [6.45, 7) is 4.12. The van der Waals surface area contributed by atoms with E-state index < -0.39 is 5.91 Å². The maximum Gasteiger partial charge on any atom is 0.252 e. The topological polar surface area (TPSA) is 90.1 Å². The molecule has 0 aliphatic heterocycles. The van der Waals surface area contributed by atoms with Gasteiger partial charge in [-0.2, -0.15) is 0 Å². The molecule has 0 saturated heterocycles. The molecule has 0 fully saturated rings. The van der Waals surface area contributed by atoms with Gasteiger partial charge in [0.2, 0.25) is 5.95 Å². The van der Waals surface area contributed by atoms with Crippen molar-refractivity contribution in [1.82, 2.24) is 9.97 Å². The molecule has 0 saturated carbocycles. The minimum atomic E-state index is -0.550. The second-order valence-electron chi connectivity index (χ2n) is 5.97. The zero-order chi connectivity index (χ0) is 18.7. The van der Waals surface area contributed by atoms with Crippen molar-refractivity contribution in [3.05, 3.63) is 65.4 Å². The number of aromatic nitrogens is 2. The van der Waals surface area contributed by atoms with E-state index in [1.54, 1.807) is 24.4 Å². The molecule has 132 valence electrons. The highest BCUT2D eigenvalue weighted by molar-refractivity contribution is 5.97. The van der Waals surface area contributed by atoms with Crippen molar-refractivity contribution in [3.8, 4) is 17.0 Å². The molecule has 0 aliphatic rings. The predicted molar refractivity (Wildman–Crippen MR) is 102 cm³/mol. The number of hydrogen-bond donors (Lipinski definition) is 2. The Hall–Kier alpha value is -3.41. The molecule has 1 amide bonds. The number of aryl methyl sites for hydroxylation is 2. The van der Waals surface area contributed by atoms with Gasteiger partial charge in [0.1, 0.15) is 5.75 Å². The first-order valence-corrected chi connectivity index (χ1v) is 8.13. The van der Waals surface area contributed by atoms with Gasteiger partial charge in [-0.05, 0) is 61.4 Å². The lowest BCUT2D eigenvalue weighted by molar-refractivity contribution is 0.0997. The van der Waals surface area contributed by atoms with Crippen LogP contribution in [0.5, 0.6) is 5.75 Å². The summed E-state index contributed by atoms with van der Waals surface area (Å²) in [7, 11) is 1.50. The third kappa shape index (κ3) is 3.64. The monoisotopic (exact) mass is 348 g/mol. The Labute approximate surface area is 152 Å². The van der Waals surface area contributed by atoms with Crippen LogP contribution in [0.4, 0.5) is 11.6 Å². The molecule has 3 aromatic rings. The van der Waals surface area contributed by atoms with E-state index in [1.165, 1.54) is 18.2 Å². The fourth-order valence-electron chi connectivity index (χ4n) is 2.59. The van der Waals surface area contributed by atoms with Gasteiger partial charge in [-0.1, -0.05) is 6.07 Å². The zero-order valence-corrected chi connectivity index (χ0v) is 14.9. The molecule has 6 heteroatoms. The molecule has 3 rings (SSSR count). The quantitative estimate of drug-likeness (QED) is 0.735. The van der Waals surface area contributed by atoms with Gasteiger partial charge in [0.05, 0.1) is 18.4 Å². The van der Waals surface area contributed by atoms with Crippen molar-refractivity contribution < 1.29 is 9.53 Å². The van der Waals surface area contributed by atoms with Crippen molar-refractivity contribution >= 4 is 17.5 Å². The highest BCUT2D eigenvalue weighted by Gasteiger charge is 2.12. The van der Waals surface area contributed by atoms with Gasteiger partial charge < -0.3 is 15.8 Å². The summed E-state index contributed by atoms with van der Waals surface area (Å²) in [5, 5.41) is 3.20. The normalized spacial score (nSPS) is 10.4. The fourth-order valence-corrected chi connectivity index (χ4v) is 2.59. The summed E-state index contributed by atoms with van der Waals surface area (Å²) in [4.78, 5) is 20.4. The molecule has 0 atom stereocenters. The van der Waals surface area contributed by atoms with Crippen LogP contribution in [0.25, 0.3) is 11.3 Å². The Morgan fingerprint density at radius 3 is 2.58 bits per heavy atom. The third-order valence-electron chi connectivity index (χ3n) is 4.18. The van der Waals surface area contributed by atoms with Crippen LogP contribution in [0.15, 0.2) is 48.7 Å². The zero-order valence-electron chi connectivity index (χ0n) is 14.9. The highest BCUT2D eigenvalue weighted by atomic mass is 16.5. The summed E-state index contributed by atoms with van der Waals surface area (Å²) in [6, 6.07) is 13.0. The lowest BCUT2D eigenvalue weighted by Crippen LogP contribution is -2.12. The highest BCUT2D eigenvalue weighted by Crippen LogP contribution is 2.26.